The van der Waals surface area contributed by atoms with E-state index in [1.54, 1.807) is 0 Å². The molecule has 0 amide bonds. The van der Waals surface area contributed by atoms with Crippen LogP contribution in [0.25, 0.3) is 33.5 Å². The Balaban J connectivity index is 1.95. The molecule has 3 aromatic carbocycles. The molecule has 2 nitrogen and oxygen atoms in total. The maximum atomic E-state index is 4.74. The number of hydrogen-bond acceptors (Lipinski definition) is 1. The van der Waals surface area contributed by atoms with Crippen molar-refractivity contribution in [3.05, 3.63) is 75.7 Å². The fraction of sp³-hybridized carbons (Fsp3) is 0. The van der Waals surface area contributed by atoms with Crippen LogP contribution < -0.4 is 0 Å². The summed E-state index contributed by atoms with van der Waals surface area (Å²) in [6.45, 7) is 0. The first-order valence-electron chi connectivity index (χ1n) is 7.22. The SMILES string of the molecule is Brc1ccc(Br)c(-c2ccccc2-c2nc3ccccc3[nH]2)c1. The van der Waals surface area contributed by atoms with Crippen LogP contribution >= 0.6 is 31.9 Å². The number of H-pyrrole nitrogens is 1. The van der Waals surface area contributed by atoms with Crippen molar-refractivity contribution in [2.45, 2.75) is 0 Å². The molecule has 1 aromatic heterocycles. The number of aromatic amines is 1. The highest BCUT2D eigenvalue weighted by atomic mass is 79.9. The first-order chi connectivity index (χ1) is 11.2. The number of rotatable bonds is 2. The predicted octanol–water partition coefficient (Wildman–Crippen LogP) is 6.42. The number of hydrogen-bond donors (Lipinski definition) is 1. The van der Waals surface area contributed by atoms with Gasteiger partial charge in [-0.1, -0.05) is 68.3 Å². The maximum absolute atomic E-state index is 4.74. The molecule has 0 atom stereocenters. The number of halogens is 2. The topological polar surface area (TPSA) is 28.7 Å². The molecule has 0 unspecified atom stereocenters. The van der Waals surface area contributed by atoms with Crippen LogP contribution in [-0.4, -0.2) is 9.97 Å². The quantitative estimate of drug-likeness (QED) is 0.392. The normalized spacial score (nSPS) is 11.0. The molecular formula is C19H12Br2N2. The molecule has 0 aliphatic rings. The van der Waals surface area contributed by atoms with Gasteiger partial charge in [0.25, 0.3) is 0 Å². The van der Waals surface area contributed by atoms with Crippen molar-refractivity contribution < 1.29 is 0 Å². The molecule has 0 bridgehead atoms. The molecule has 112 valence electrons. The fourth-order valence-corrected chi connectivity index (χ4v) is 3.53. The average molecular weight is 428 g/mol. The van der Waals surface area contributed by atoms with E-state index in [0.29, 0.717) is 0 Å². The highest BCUT2D eigenvalue weighted by molar-refractivity contribution is 9.11. The third-order valence-corrected chi connectivity index (χ3v) is 4.97. The van der Waals surface area contributed by atoms with E-state index in [2.05, 4.69) is 67.2 Å². The van der Waals surface area contributed by atoms with Gasteiger partial charge in [0.2, 0.25) is 0 Å². The second-order valence-corrected chi connectivity index (χ2v) is 7.04. The van der Waals surface area contributed by atoms with Gasteiger partial charge in [-0.25, -0.2) is 4.98 Å². The summed E-state index contributed by atoms with van der Waals surface area (Å²) in [7, 11) is 0. The van der Waals surface area contributed by atoms with Crippen LogP contribution in [0.4, 0.5) is 0 Å². The molecule has 0 aliphatic heterocycles. The minimum Gasteiger partial charge on any atom is -0.338 e. The number of benzene rings is 3. The third kappa shape index (κ3) is 2.73. The smallest absolute Gasteiger partial charge is 0.139 e. The zero-order valence-corrected chi connectivity index (χ0v) is 15.2. The Morgan fingerprint density at radius 3 is 2.30 bits per heavy atom. The summed E-state index contributed by atoms with van der Waals surface area (Å²) >= 11 is 7.22. The van der Waals surface area contributed by atoms with Crippen molar-refractivity contribution in [3.8, 4) is 22.5 Å². The van der Waals surface area contributed by atoms with E-state index in [4.69, 9.17) is 4.98 Å². The Kier molecular flexibility index (Phi) is 3.79. The van der Waals surface area contributed by atoms with Gasteiger partial charge in [-0.15, -0.1) is 0 Å². The monoisotopic (exact) mass is 426 g/mol. The zero-order chi connectivity index (χ0) is 15.8. The van der Waals surface area contributed by atoms with Gasteiger partial charge in [-0.05, 0) is 41.5 Å². The van der Waals surface area contributed by atoms with E-state index in [0.717, 1.165) is 42.5 Å². The molecule has 0 aliphatic carbocycles. The van der Waals surface area contributed by atoms with Crippen molar-refractivity contribution in [1.82, 2.24) is 9.97 Å². The van der Waals surface area contributed by atoms with Crippen molar-refractivity contribution in [1.29, 1.82) is 0 Å². The van der Waals surface area contributed by atoms with Crippen molar-refractivity contribution in [2.75, 3.05) is 0 Å². The van der Waals surface area contributed by atoms with E-state index >= 15 is 0 Å². The lowest BCUT2D eigenvalue weighted by Crippen LogP contribution is -1.88. The van der Waals surface area contributed by atoms with Crippen LogP contribution in [0, 0.1) is 0 Å². The van der Waals surface area contributed by atoms with Crippen LogP contribution in [0.2, 0.25) is 0 Å². The summed E-state index contributed by atoms with van der Waals surface area (Å²) in [4.78, 5) is 8.16. The Bertz CT molecular complexity index is 972. The zero-order valence-electron chi connectivity index (χ0n) is 12.1. The molecule has 23 heavy (non-hydrogen) atoms. The summed E-state index contributed by atoms with van der Waals surface area (Å²) in [5.74, 6) is 0.883. The lowest BCUT2D eigenvalue weighted by molar-refractivity contribution is 1.33. The summed E-state index contributed by atoms with van der Waals surface area (Å²) in [6, 6.07) is 22.6. The highest BCUT2D eigenvalue weighted by Crippen LogP contribution is 2.37. The molecule has 0 radical (unpaired) electrons. The van der Waals surface area contributed by atoms with Gasteiger partial charge >= 0.3 is 0 Å². The standard InChI is InChI=1S/C19H12Br2N2/c20-12-9-10-16(21)15(11-12)13-5-1-2-6-14(13)19-22-17-7-3-4-8-18(17)23-19/h1-11H,(H,22,23). The molecule has 1 N–H and O–H groups in total. The van der Waals surface area contributed by atoms with Gasteiger partial charge in [0.05, 0.1) is 11.0 Å². The molecule has 0 saturated carbocycles. The van der Waals surface area contributed by atoms with E-state index in [1.165, 1.54) is 0 Å². The van der Waals surface area contributed by atoms with Gasteiger partial charge in [-0.3, -0.25) is 0 Å². The van der Waals surface area contributed by atoms with Gasteiger partial charge in [0, 0.05) is 14.5 Å². The average Bonchev–Trinajstić information content (AvgIpc) is 3.01. The van der Waals surface area contributed by atoms with E-state index in [-0.39, 0.29) is 0 Å². The van der Waals surface area contributed by atoms with Crippen LogP contribution in [0.1, 0.15) is 0 Å². The van der Waals surface area contributed by atoms with Crippen molar-refractivity contribution >= 4 is 42.9 Å². The Morgan fingerprint density at radius 1 is 0.739 bits per heavy atom. The van der Waals surface area contributed by atoms with Crippen molar-refractivity contribution in [2.24, 2.45) is 0 Å². The predicted molar refractivity (Wildman–Crippen MR) is 102 cm³/mol. The van der Waals surface area contributed by atoms with Crippen LogP contribution in [0.3, 0.4) is 0 Å². The molecule has 4 heteroatoms. The largest absolute Gasteiger partial charge is 0.338 e. The minimum atomic E-state index is 0.883. The van der Waals surface area contributed by atoms with Crippen molar-refractivity contribution in [3.63, 3.8) is 0 Å². The number of para-hydroxylation sites is 2. The number of aromatic nitrogens is 2. The third-order valence-electron chi connectivity index (χ3n) is 3.79. The molecule has 4 aromatic rings. The summed E-state index contributed by atoms with van der Waals surface area (Å²) in [6.07, 6.45) is 0. The lowest BCUT2D eigenvalue weighted by Gasteiger charge is -2.10. The molecular weight excluding hydrogens is 416 g/mol. The number of nitrogens with zero attached hydrogens (tertiary/aromatic N) is 1. The van der Waals surface area contributed by atoms with E-state index in [9.17, 15) is 0 Å². The van der Waals surface area contributed by atoms with Crippen LogP contribution in [0.15, 0.2) is 75.7 Å². The Morgan fingerprint density at radius 2 is 1.48 bits per heavy atom. The van der Waals surface area contributed by atoms with E-state index < -0.39 is 0 Å². The maximum Gasteiger partial charge on any atom is 0.139 e. The first kappa shape index (κ1) is 14.7. The summed E-state index contributed by atoms with van der Waals surface area (Å²) in [5.41, 5.74) is 5.38. The van der Waals surface area contributed by atoms with Crippen LogP contribution in [0.5, 0.6) is 0 Å². The van der Waals surface area contributed by atoms with Gasteiger partial charge in [0.15, 0.2) is 0 Å². The second kappa shape index (κ2) is 5.95. The molecule has 0 spiro atoms. The number of imidazole rings is 1. The molecule has 0 saturated heterocycles. The van der Waals surface area contributed by atoms with Gasteiger partial charge in [0.1, 0.15) is 5.82 Å². The minimum absolute atomic E-state index is 0.883. The second-order valence-electron chi connectivity index (χ2n) is 5.27. The van der Waals surface area contributed by atoms with E-state index in [1.807, 2.05) is 36.4 Å². The number of fused-ring (bicyclic) bond motifs is 1. The summed E-state index contributed by atoms with van der Waals surface area (Å²) < 4.78 is 2.11. The Hall–Kier alpha value is -1.91. The fourth-order valence-electron chi connectivity index (χ4n) is 2.71. The highest BCUT2D eigenvalue weighted by Gasteiger charge is 2.13. The molecule has 0 fully saturated rings. The lowest BCUT2D eigenvalue weighted by atomic mass is 9.99. The van der Waals surface area contributed by atoms with Gasteiger partial charge in [-0.2, -0.15) is 0 Å². The summed E-state index contributed by atoms with van der Waals surface area (Å²) in [5, 5.41) is 0. The number of nitrogens with one attached hydrogen (secondary N) is 1. The molecule has 1 heterocycles. The van der Waals surface area contributed by atoms with Crippen LogP contribution in [-0.2, 0) is 0 Å². The Labute approximate surface area is 150 Å². The first-order valence-corrected chi connectivity index (χ1v) is 8.80. The van der Waals surface area contributed by atoms with Gasteiger partial charge < -0.3 is 4.98 Å². The molecule has 4 rings (SSSR count).